The SMILES string of the molecule is Cc1cc(C(=O)NC2CCOC(C)(C)C2)ccc1-c1cccc(COc2ccc(Cn3oc(=O)[nH]c3=O)cc2)c1. The third-order valence-electron chi connectivity index (χ3n) is 7.04. The van der Waals surface area contributed by atoms with Gasteiger partial charge >= 0.3 is 11.4 Å². The van der Waals surface area contributed by atoms with Crippen molar-refractivity contribution in [3.05, 3.63) is 110 Å². The Labute approximate surface area is 231 Å². The van der Waals surface area contributed by atoms with E-state index in [0.717, 1.165) is 45.4 Å². The van der Waals surface area contributed by atoms with Crippen molar-refractivity contribution < 1.29 is 18.8 Å². The molecule has 1 aliphatic heterocycles. The van der Waals surface area contributed by atoms with E-state index in [-0.39, 0.29) is 24.1 Å². The van der Waals surface area contributed by atoms with Gasteiger partial charge in [-0.2, -0.15) is 0 Å². The summed E-state index contributed by atoms with van der Waals surface area (Å²) in [6, 6.07) is 21.3. The molecule has 3 aromatic carbocycles. The summed E-state index contributed by atoms with van der Waals surface area (Å²) < 4.78 is 17.5. The molecule has 208 valence electrons. The fourth-order valence-electron chi connectivity index (χ4n) is 5.02. The predicted molar refractivity (Wildman–Crippen MR) is 151 cm³/mol. The average molecular weight is 544 g/mol. The number of ether oxygens (including phenoxy) is 2. The van der Waals surface area contributed by atoms with Crippen molar-refractivity contribution in [2.24, 2.45) is 0 Å². The first-order valence-corrected chi connectivity index (χ1v) is 13.3. The van der Waals surface area contributed by atoms with Crippen molar-refractivity contribution in [2.75, 3.05) is 6.61 Å². The third kappa shape index (κ3) is 6.60. The van der Waals surface area contributed by atoms with Gasteiger partial charge in [0, 0.05) is 18.2 Å². The van der Waals surface area contributed by atoms with Gasteiger partial charge in [-0.05, 0) is 91.8 Å². The second kappa shape index (κ2) is 11.4. The Kier molecular flexibility index (Phi) is 7.75. The second-order valence-corrected chi connectivity index (χ2v) is 10.8. The molecule has 9 nitrogen and oxygen atoms in total. The molecule has 1 atom stereocenters. The lowest BCUT2D eigenvalue weighted by Gasteiger charge is -2.35. The normalized spacial score (nSPS) is 16.4. The summed E-state index contributed by atoms with van der Waals surface area (Å²) in [5.41, 5.74) is 4.76. The molecule has 1 aliphatic rings. The number of H-pyrrole nitrogens is 1. The minimum absolute atomic E-state index is 0.0600. The molecule has 40 heavy (non-hydrogen) atoms. The van der Waals surface area contributed by atoms with Crippen molar-refractivity contribution >= 4 is 5.91 Å². The number of benzene rings is 3. The van der Waals surface area contributed by atoms with Crippen molar-refractivity contribution in [1.29, 1.82) is 0 Å². The summed E-state index contributed by atoms with van der Waals surface area (Å²) in [5, 5.41) is 3.17. The monoisotopic (exact) mass is 543 g/mol. The van der Waals surface area contributed by atoms with Gasteiger partial charge in [0.2, 0.25) is 0 Å². The summed E-state index contributed by atoms with van der Waals surface area (Å²) in [6.07, 6.45) is 1.61. The summed E-state index contributed by atoms with van der Waals surface area (Å²) in [5.74, 6) is -0.162. The van der Waals surface area contributed by atoms with E-state index >= 15 is 0 Å². The van der Waals surface area contributed by atoms with E-state index in [2.05, 4.69) is 30.2 Å². The van der Waals surface area contributed by atoms with E-state index < -0.39 is 11.4 Å². The zero-order chi connectivity index (χ0) is 28.3. The van der Waals surface area contributed by atoms with Crippen LogP contribution in [0.25, 0.3) is 11.1 Å². The molecule has 1 saturated heterocycles. The lowest BCUT2D eigenvalue weighted by molar-refractivity contribution is -0.0615. The van der Waals surface area contributed by atoms with E-state index in [4.69, 9.17) is 14.0 Å². The van der Waals surface area contributed by atoms with Crippen LogP contribution in [0.5, 0.6) is 5.75 Å². The Morgan fingerprint density at radius 1 is 1.07 bits per heavy atom. The van der Waals surface area contributed by atoms with Crippen LogP contribution < -0.4 is 21.5 Å². The van der Waals surface area contributed by atoms with E-state index in [0.29, 0.717) is 24.5 Å². The number of nitrogens with one attached hydrogen (secondary N) is 2. The van der Waals surface area contributed by atoms with Crippen molar-refractivity contribution in [3.63, 3.8) is 0 Å². The summed E-state index contributed by atoms with van der Waals surface area (Å²) in [4.78, 5) is 37.8. The predicted octanol–water partition coefficient (Wildman–Crippen LogP) is 4.42. The number of aryl methyl sites for hydroxylation is 1. The summed E-state index contributed by atoms with van der Waals surface area (Å²) >= 11 is 0. The topological polar surface area (TPSA) is 116 Å². The fourth-order valence-corrected chi connectivity index (χ4v) is 5.02. The van der Waals surface area contributed by atoms with E-state index in [9.17, 15) is 14.4 Å². The maximum Gasteiger partial charge on any atom is 0.440 e. The smallest absolute Gasteiger partial charge is 0.440 e. The van der Waals surface area contributed by atoms with Gasteiger partial charge < -0.3 is 19.3 Å². The first-order valence-electron chi connectivity index (χ1n) is 13.3. The molecule has 1 fully saturated rings. The van der Waals surface area contributed by atoms with Gasteiger partial charge in [0.15, 0.2) is 0 Å². The Bertz CT molecular complexity index is 1610. The molecule has 5 rings (SSSR count). The Morgan fingerprint density at radius 2 is 1.88 bits per heavy atom. The molecule has 0 saturated carbocycles. The molecule has 4 aromatic rings. The van der Waals surface area contributed by atoms with Crippen LogP contribution in [0.4, 0.5) is 0 Å². The maximum absolute atomic E-state index is 12.9. The maximum atomic E-state index is 12.9. The second-order valence-electron chi connectivity index (χ2n) is 10.8. The van der Waals surface area contributed by atoms with Gasteiger partial charge in [-0.25, -0.2) is 14.6 Å². The highest BCUT2D eigenvalue weighted by Gasteiger charge is 2.29. The van der Waals surface area contributed by atoms with Crippen LogP contribution in [0.2, 0.25) is 0 Å². The van der Waals surface area contributed by atoms with Gasteiger partial charge in [-0.1, -0.05) is 36.4 Å². The highest BCUT2D eigenvalue weighted by molar-refractivity contribution is 5.95. The van der Waals surface area contributed by atoms with E-state index in [1.54, 1.807) is 0 Å². The van der Waals surface area contributed by atoms with Gasteiger partial charge in [-0.3, -0.25) is 4.79 Å². The summed E-state index contributed by atoms with van der Waals surface area (Å²) in [6.45, 7) is 7.30. The van der Waals surface area contributed by atoms with Crippen LogP contribution in [-0.2, 0) is 17.9 Å². The number of nitrogens with zero attached hydrogens (tertiary/aromatic N) is 1. The number of carbonyl (C=O) groups excluding carboxylic acids is 1. The molecule has 0 bridgehead atoms. The third-order valence-corrected chi connectivity index (χ3v) is 7.04. The van der Waals surface area contributed by atoms with Crippen LogP contribution in [0, 0.1) is 6.92 Å². The lowest BCUT2D eigenvalue weighted by Crippen LogP contribution is -2.45. The molecular formula is C31H33N3O6. The molecule has 1 aromatic heterocycles. The Balaban J connectivity index is 1.21. The summed E-state index contributed by atoms with van der Waals surface area (Å²) in [7, 11) is 0. The molecule has 0 radical (unpaired) electrons. The highest BCUT2D eigenvalue weighted by atomic mass is 16.5. The first kappa shape index (κ1) is 27.2. The van der Waals surface area contributed by atoms with Crippen LogP contribution >= 0.6 is 0 Å². The van der Waals surface area contributed by atoms with Crippen LogP contribution in [0.1, 0.15) is 53.7 Å². The number of hydrogen-bond donors (Lipinski definition) is 2. The molecular weight excluding hydrogens is 510 g/mol. The minimum atomic E-state index is -0.779. The van der Waals surface area contributed by atoms with Gasteiger partial charge in [0.1, 0.15) is 12.4 Å². The average Bonchev–Trinajstić information content (AvgIpc) is 3.23. The zero-order valence-electron chi connectivity index (χ0n) is 22.9. The van der Waals surface area contributed by atoms with Crippen LogP contribution in [0.3, 0.4) is 0 Å². The number of amides is 1. The number of aromatic nitrogens is 2. The zero-order valence-corrected chi connectivity index (χ0v) is 22.9. The fraction of sp³-hybridized carbons (Fsp3) is 0.323. The molecule has 1 amide bonds. The number of hydrogen-bond acceptors (Lipinski definition) is 6. The molecule has 0 aliphatic carbocycles. The van der Waals surface area contributed by atoms with Crippen LogP contribution in [-0.4, -0.2) is 33.9 Å². The highest BCUT2D eigenvalue weighted by Crippen LogP contribution is 2.27. The lowest BCUT2D eigenvalue weighted by atomic mass is 9.93. The van der Waals surface area contributed by atoms with Gasteiger partial charge in [0.25, 0.3) is 5.91 Å². The molecule has 9 heteroatoms. The largest absolute Gasteiger partial charge is 0.489 e. The Morgan fingerprint density at radius 3 is 2.58 bits per heavy atom. The van der Waals surface area contributed by atoms with E-state index in [1.165, 1.54) is 0 Å². The standard InChI is InChI=1S/C31H33N3O6/c1-20-15-24(28(35)32-25-13-14-39-31(2,3)17-25)9-12-27(20)23-6-4-5-22(16-23)19-38-26-10-7-21(8-11-26)18-34-29(36)33-30(37)40-34/h4-12,15-16,25H,13-14,17-19H2,1-3H3,(H,32,35)(H,33,36,37). The van der Waals surface area contributed by atoms with E-state index in [1.807, 2.05) is 67.6 Å². The number of carbonyl (C=O) groups is 1. The minimum Gasteiger partial charge on any atom is -0.489 e. The molecule has 2 N–H and O–H groups in total. The van der Waals surface area contributed by atoms with Gasteiger partial charge in [-0.15, -0.1) is 4.74 Å². The molecule has 0 spiro atoms. The van der Waals surface area contributed by atoms with Gasteiger partial charge in [0.05, 0.1) is 12.1 Å². The molecule has 2 heterocycles. The van der Waals surface area contributed by atoms with Crippen molar-refractivity contribution in [1.82, 2.24) is 15.0 Å². The molecule has 1 unspecified atom stereocenters. The first-order chi connectivity index (χ1) is 19.1. The van der Waals surface area contributed by atoms with Crippen molar-refractivity contribution in [2.45, 2.75) is 58.4 Å². The quantitative estimate of drug-likeness (QED) is 0.340. The number of rotatable bonds is 8. The van der Waals surface area contributed by atoms with Crippen LogP contribution in [0.15, 0.2) is 80.8 Å². The van der Waals surface area contributed by atoms with Crippen molar-refractivity contribution in [3.8, 4) is 16.9 Å². The Hall–Kier alpha value is -4.37. The number of aromatic amines is 1.